The molecule has 0 unspecified atom stereocenters. The van der Waals surface area contributed by atoms with Gasteiger partial charge in [0, 0.05) is 12.8 Å². The minimum absolute atomic E-state index is 0.178. The van der Waals surface area contributed by atoms with E-state index >= 15 is 0 Å². The Labute approximate surface area is 163 Å². The highest BCUT2D eigenvalue weighted by molar-refractivity contribution is 7.98. The number of nitrogens with zero attached hydrogens (tertiary/aromatic N) is 3. The van der Waals surface area contributed by atoms with E-state index in [-0.39, 0.29) is 6.61 Å². The highest BCUT2D eigenvalue weighted by Crippen LogP contribution is 2.31. The second-order valence-corrected chi connectivity index (χ2v) is 7.01. The van der Waals surface area contributed by atoms with Gasteiger partial charge in [0.05, 0.1) is 10.6 Å². The molecule has 0 spiro atoms. The highest BCUT2D eigenvalue weighted by Gasteiger charge is 2.30. The van der Waals surface area contributed by atoms with Crippen LogP contribution in [0.25, 0.3) is 0 Å². The van der Waals surface area contributed by atoms with Crippen LogP contribution < -0.4 is 4.74 Å². The van der Waals surface area contributed by atoms with Gasteiger partial charge in [0.1, 0.15) is 12.4 Å². The lowest BCUT2D eigenvalue weighted by Gasteiger charge is -2.09. The number of rotatable bonds is 6. The summed E-state index contributed by atoms with van der Waals surface area (Å²) in [5.74, 6) is 1.48. The number of hydrogen-bond donors (Lipinski definition) is 0. The van der Waals surface area contributed by atoms with Crippen LogP contribution in [0, 0.1) is 0 Å². The average Bonchev–Trinajstić information content (AvgIpc) is 2.99. The fourth-order valence-corrected chi connectivity index (χ4v) is 3.35. The van der Waals surface area contributed by atoms with Crippen molar-refractivity contribution in [2.45, 2.75) is 23.7 Å². The lowest BCUT2D eigenvalue weighted by molar-refractivity contribution is -0.137. The summed E-state index contributed by atoms with van der Waals surface area (Å²) in [6, 6.07) is 12.4. The van der Waals surface area contributed by atoms with E-state index < -0.39 is 11.7 Å². The smallest absolute Gasteiger partial charge is 0.416 e. The van der Waals surface area contributed by atoms with Gasteiger partial charge in [-0.05, 0) is 23.8 Å². The fourth-order valence-electron chi connectivity index (χ4n) is 2.29. The van der Waals surface area contributed by atoms with E-state index in [1.165, 1.54) is 17.8 Å². The largest absolute Gasteiger partial charge is 0.484 e. The van der Waals surface area contributed by atoms with Crippen molar-refractivity contribution in [1.82, 2.24) is 14.8 Å². The molecule has 0 radical (unpaired) electrons. The maximum absolute atomic E-state index is 12.8. The lowest BCUT2D eigenvalue weighted by atomic mass is 10.1. The van der Waals surface area contributed by atoms with Gasteiger partial charge >= 0.3 is 6.18 Å². The molecule has 3 aromatic rings. The topological polar surface area (TPSA) is 39.9 Å². The molecular formula is C18H15ClF3N3OS. The van der Waals surface area contributed by atoms with Gasteiger partial charge in [0.25, 0.3) is 0 Å². The molecule has 3 rings (SSSR count). The maximum Gasteiger partial charge on any atom is 0.416 e. The Balaban J connectivity index is 1.63. The maximum atomic E-state index is 12.8. The Kier molecular flexibility index (Phi) is 5.96. The summed E-state index contributed by atoms with van der Waals surface area (Å²) < 4.78 is 45.8. The summed E-state index contributed by atoms with van der Waals surface area (Å²) >= 11 is 7.35. The van der Waals surface area contributed by atoms with Crippen LogP contribution in [0.4, 0.5) is 13.2 Å². The molecule has 0 N–H and O–H groups in total. The zero-order chi connectivity index (χ0) is 19.4. The molecule has 9 heteroatoms. The number of thioether (sulfide) groups is 1. The van der Waals surface area contributed by atoms with E-state index in [2.05, 4.69) is 10.2 Å². The molecule has 2 aromatic carbocycles. The summed E-state index contributed by atoms with van der Waals surface area (Å²) in [5.41, 5.74) is -0.0981. The van der Waals surface area contributed by atoms with Crippen LogP contribution in [0.1, 0.15) is 17.0 Å². The third kappa shape index (κ3) is 4.95. The summed E-state index contributed by atoms with van der Waals surface area (Å²) in [4.78, 5) is 0. The van der Waals surface area contributed by atoms with Gasteiger partial charge in [-0.2, -0.15) is 13.2 Å². The fraction of sp³-hybridized carbons (Fsp3) is 0.222. The second-order valence-electron chi connectivity index (χ2n) is 5.66. The van der Waals surface area contributed by atoms with E-state index in [1.807, 2.05) is 6.07 Å². The zero-order valence-corrected chi connectivity index (χ0v) is 15.8. The molecule has 0 aliphatic carbocycles. The van der Waals surface area contributed by atoms with Crippen LogP contribution in [0.15, 0.2) is 53.7 Å². The molecule has 0 saturated heterocycles. The SMILES string of the molecule is Cn1c(COc2ccccc2Cl)nnc1SCc1cccc(C(F)(F)F)c1. The highest BCUT2D eigenvalue weighted by atomic mass is 35.5. The van der Waals surface area contributed by atoms with Gasteiger partial charge in [-0.3, -0.25) is 0 Å². The number of hydrogen-bond acceptors (Lipinski definition) is 4. The van der Waals surface area contributed by atoms with Crippen molar-refractivity contribution in [2.24, 2.45) is 7.05 Å². The van der Waals surface area contributed by atoms with E-state index in [1.54, 1.807) is 35.9 Å². The number of benzene rings is 2. The van der Waals surface area contributed by atoms with Crippen molar-refractivity contribution in [3.05, 3.63) is 70.5 Å². The molecule has 0 aliphatic heterocycles. The monoisotopic (exact) mass is 413 g/mol. The Bertz CT molecular complexity index is 930. The summed E-state index contributed by atoms with van der Waals surface area (Å²) in [6.45, 7) is 0.178. The Hall–Kier alpha value is -2.19. The normalized spacial score (nSPS) is 11.6. The van der Waals surface area contributed by atoms with Gasteiger partial charge in [-0.25, -0.2) is 0 Å². The molecule has 4 nitrogen and oxygen atoms in total. The van der Waals surface area contributed by atoms with E-state index in [0.717, 1.165) is 12.1 Å². The van der Waals surface area contributed by atoms with Gasteiger partial charge in [-0.1, -0.05) is 53.7 Å². The first-order valence-electron chi connectivity index (χ1n) is 7.89. The third-order valence-electron chi connectivity index (χ3n) is 3.74. The number of ether oxygens (including phenoxy) is 1. The third-order valence-corrected chi connectivity index (χ3v) is 5.14. The van der Waals surface area contributed by atoms with Crippen LogP contribution in [0.2, 0.25) is 5.02 Å². The molecule has 0 fully saturated rings. The quantitative estimate of drug-likeness (QED) is 0.510. The Morgan fingerprint density at radius 1 is 1.11 bits per heavy atom. The van der Waals surface area contributed by atoms with Crippen LogP contribution in [-0.4, -0.2) is 14.8 Å². The molecule has 142 valence electrons. The van der Waals surface area contributed by atoms with Gasteiger partial charge in [-0.15, -0.1) is 10.2 Å². The number of aromatic nitrogens is 3. The van der Waals surface area contributed by atoms with Crippen molar-refractivity contribution in [2.75, 3.05) is 0 Å². The molecule has 0 saturated carbocycles. The number of halogens is 4. The minimum Gasteiger partial charge on any atom is -0.484 e. The first-order chi connectivity index (χ1) is 12.8. The predicted octanol–water partition coefficient (Wildman–Crippen LogP) is 5.36. The summed E-state index contributed by atoms with van der Waals surface area (Å²) in [5, 5.41) is 9.24. The van der Waals surface area contributed by atoms with Crippen LogP contribution in [0.3, 0.4) is 0 Å². The summed E-state index contributed by atoms with van der Waals surface area (Å²) in [6.07, 6.45) is -4.35. The molecule has 0 bridgehead atoms. The zero-order valence-electron chi connectivity index (χ0n) is 14.2. The lowest BCUT2D eigenvalue weighted by Crippen LogP contribution is -2.05. The first kappa shape index (κ1) is 19.6. The number of para-hydroxylation sites is 1. The molecule has 27 heavy (non-hydrogen) atoms. The number of alkyl halides is 3. The van der Waals surface area contributed by atoms with E-state index in [4.69, 9.17) is 16.3 Å². The van der Waals surface area contributed by atoms with Crippen LogP contribution >= 0.6 is 23.4 Å². The first-order valence-corrected chi connectivity index (χ1v) is 9.25. The van der Waals surface area contributed by atoms with Crippen LogP contribution in [-0.2, 0) is 25.6 Å². The molecule has 0 aliphatic rings. The molecular weight excluding hydrogens is 399 g/mol. The van der Waals surface area contributed by atoms with Gasteiger partial charge in [0.2, 0.25) is 0 Å². The molecule has 0 atom stereocenters. The Morgan fingerprint density at radius 3 is 2.63 bits per heavy atom. The van der Waals surface area contributed by atoms with Crippen molar-refractivity contribution in [3.8, 4) is 5.75 Å². The molecule has 0 amide bonds. The van der Waals surface area contributed by atoms with E-state index in [0.29, 0.717) is 33.1 Å². The minimum atomic E-state index is -4.35. The van der Waals surface area contributed by atoms with Crippen molar-refractivity contribution >= 4 is 23.4 Å². The molecule has 1 heterocycles. The van der Waals surface area contributed by atoms with Gasteiger partial charge < -0.3 is 9.30 Å². The Morgan fingerprint density at radius 2 is 1.89 bits per heavy atom. The van der Waals surface area contributed by atoms with Crippen molar-refractivity contribution in [1.29, 1.82) is 0 Å². The standard InChI is InChI=1S/C18H15ClF3N3OS/c1-25-16(10-26-15-8-3-2-7-14(15)19)23-24-17(25)27-11-12-5-4-6-13(9-12)18(20,21)22/h2-9H,10-11H2,1H3. The van der Waals surface area contributed by atoms with E-state index in [9.17, 15) is 13.2 Å². The van der Waals surface area contributed by atoms with Gasteiger partial charge in [0.15, 0.2) is 11.0 Å². The molecule has 1 aromatic heterocycles. The second kappa shape index (κ2) is 8.22. The van der Waals surface area contributed by atoms with Crippen molar-refractivity contribution in [3.63, 3.8) is 0 Å². The van der Waals surface area contributed by atoms with Crippen LogP contribution in [0.5, 0.6) is 5.75 Å². The predicted molar refractivity (Wildman–Crippen MR) is 97.8 cm³/mol. The average molecular weight is 414 g/mol. The summed E-state index contributed by atoms with van der Waals surface area (Å²) in [7, 11) is 1.78. The van der Waals surface area contributed by atoms with Crippen molar-refractivity contribution < 1.29 is 17.9 Å².